The van der Waals surface area contributed by atoms with E-state index in [1.165, 1.54) is 0 Å². The summed E-state index contributed by atoms with van der Waals surface area (Å²) in [6.07, 6.45) is 2.05. The van der Waals surface area contributed by atoms with Gasteiger partial charge in [0.1, 0.15) is 0 Å². The summed E-state index contributed by atoms with van der Waals surface area (Å²) in [4.78, 5) is 11.9. The highest BCUT2D eigenvalue weighted by atomic mass is 35.5. The number of aryl methyl sites for hydroxylation is 1. The predicted molar refractivity (Wildman–Crippen MR) is 82.5 cm³/mol. The molecule has 6 nitrogen and oxygen atoms in total. The number of aromatic nitrogens is 3. The molecule has 0 aliphatic rings. The van der Waals surface area contributed by atoms with Gasteiger partial charge in [0.05, 0.1) is 28.0 Å². The van der Waals surface area contributed by atoms with Gasteiger partial charge in [-0.3, -0.25) is 9.48 Å². The third-order valence-corrected chi connectivity index (χ3v) is 3.37. The second-order valence-electron chi connectivity index (χ2n) is 4.40. The van der Waals surface area contributed by atoms with E-state index in [2.05, 4.69) is 20.9 Å². The molecule has 1 aromatic heterocycles. The van der Waals surface area contributed by atoms with Gasteiger partial charge in [-0.1, -0.05) is 34.5 Å². The van der Waals surface area contributed by atoms with Crippen molar-refractivity contribution in [1.82, 2.24) is 20.3 Å². The maximum Gasteiger partial charge on any atom is 0.226 e. The number of hydrogen-bond donors (Lipinski definition) is 2. The summed E-state index contributed by atoms with van der Waals surface area (Å²) in [7, 11) is 1.83. The molecule has 21 heavy (non-hydrogen) atoms. The lowest BCUT2D eigenvalue weighted by Crippen LogP contribution is -2.15. The number of para-hydroxylation sites is 1. The van der Waals surface area contributed by atoms with Crippen LogP contribution < -0.4 is 10.6 Å². The van der Waals surface area contributed by atoms with E-state index >= 15 is 0 Å². The summed E-state index contributed by atoms with van der Waals surface area (Å²) >= 11 is 12.0. The maximum absolute atomic E-state index is 11.9. The third kappa shape index (κ3) is 4.42. The van der Waals surface area contributed by atoms with Crippen LogP contribution in [0.2, 0.25) is 10.0 Å². The van der Waals surface area contributed by atoms with E-state index < -0.39 is 0 Å². The third-order valence-electron chi connectivity index (χ3n) is 2.74. The maximum atomic E-state index is 11.9. The number of benzene rings is 1. The minimum atomic E-state index is -0.185. The van der Waals surface area contributed by atoms with E-state index in [1.807, 2.05) is 7.05 Å². The zero-order chi connectivity index (χ0) is 15.2. The van der Waals surface area contributed by atoms with Crippen LogP contribution in [0, 0.1) is 0 Å². The van der Waals surface area contributed by atoms with Crippen LogP contribution >= 0.6 is 23.2 Å². The van der Waals surface area contributed by atoms with Crippen molar-refractivity contribution in [3.8, 4) is 0 Å². The number of amides is 1. The van der Waals surface area contributed by atoms with E-state index in [9.17, 15) is 4.79 Å². The molecule has 0 radical (unpaired) electrons. The van der Waals surface area contributed by atoms with Gasteiger partial charge >= 0.3 is 0 Å². The Morgan fingerprint density at radius 2 is 2.05 bits per heavy atom. The molecule has 0 atom stereocenters. The molecule has 2 rings (SSSR count). The predicted octanol–water partition coefficient (Wildman–Crippen LogP) is 2.33. The molecule has 0 aliphatic carbocycles. The van der Waals surface area contributed by atoms with E-state index in [0.29, 0.717) is 28.8 Å². The lowest BCUT2D eigenvalue weighted by Gasteiger charge is -2.08. The highest BCUT2D eigenvalue weighted by Crippen LogP contribution is 2.29. The van der Waals surface area contributed by atoms with Crippen molar-refractivity contribution in [2.75, 3.05) is 12.4 Å². The van der Waals surface area contributed by atoms with Gasteiger partial charge in [-0.15, -0.1) is 5.10 Å². The molecule has 0 saturated heterocycles. The van der Waals surface area contributed by atoms with Crippen molar-refractivity contribution in [1.29, 1.82) is 0 Å². The topological polar surface area (TPSA) is 71.8 Å². The Morgan fingerprint density at radius 1 is 1.33 bits per heavy atom. The van der Waals surface area contributed by atoms with E-state index in [0.717, 1.165) is 5.69 Å². The lowest BCUT2D eigenvalue weighted by atomic mass is 10.3. The second kappa shape index (κ2) is 7.40. The van der Waals surface area contributed by atoms with Gasteiger partial charge in [-0.05, 0) is 19.2 Å². The van der Waals surface area contributed by atoms with Gasteiger partial charge in [0, 0.05) is 19.2 Å². The van der Waals surface area contributed by atoms with Crippen LogP contribution in [0.5, 0.6) is 0 Å². The first-order chi connectivity index (χ1) is 10.1. The van der Waals surface area contributed by atoms with Crippen molar-refractivity contribution in [2.24, 2.45) is 0 Å². The van der Waals surface area contributed by atoms with Gasteiger partial charge in [0.2, 0.25) is 5.91 Å². The monoisotopic (exact) mass is 327 g/mol. The quantitative estimate of drug-likeness (QED) is 0.854. The molecule has 0 fully saturated rings. The highest BCUT2D eigenvalue weighted by Gasteiger charge is 2.10. The number of halogens is 2. The van der Waals surface area contributed by atoms with Crippen LogP contribution in [0.1, 0.15) is 12.1 Å². The molecule has 1 aromatic carbocycles. The van der Waals surface area contributed by atoms with Gasteiger partial charge in [-0.25, -0.2) is 0 Å². The molecule has 8 heteroatoms. The number of carbonyl (C=O) groups excluding carboxylic acids is 1. The van der Waals surface area contributed by atoms with E-state index in [-0.39, 0.29) is 12.3 Å². The largest absolute Gasteiger partial charge is 0.323 e. The van der Waals surface area contributed by atoms with Crippen LogP contribution in [0.25, 0.3) is 0 Å². The highest BCUT2D eigenvalue weighted by molar-refractivity contribution is 6.39. The van der Waals surface area contributed by atoms with E-state index in [1.54, 1.807) is 29.1 Å². The number of carbonyl (C=O) groups is 1. The van der Waals surface area contributed by atoms with Gasteiger partial charge in [0.25, 0.3) is 0 Å². The molecule has 1 heterocycles. The fourth-order valence-corrected chi connectivity index (χ4v) is 2.24. The number of rotatable bonds is 6. The Labute approximate surface area is 132 Å². The first-order valence-corrected chi connectivity index (χ1v) is 7.13. The molecule has 1 amide bonds. The van der Waals surface area contributed by atoms with Crippen molar-refractivity contribution in [3.63, 3.8) is 0 Å². The normalized spacial score (nSPS) is 10.6. The van der Waals surface area contributed by atoms with Crippen molar-refractivity contribution in [3.05, 3.63) is 40.1 Å². The summed E-state index contributed by atoms with van der Waals surface area (Å²) in [5.74, 6) is -0.185. The van der Waals surface area contributed by atoms with Gasteiger partial charge in [-0.2, -0.15) is 0 Å². The number of nitrogens with zero attached hydrogens (tertiary/aromatic N) is 3. The van der Waals surface area contributed by atoms with Gasteiger partial charge < -0.3 is 10.6 Å². The number of anilines is 1. The summed E-state index contributed by atoms with van der Waals surface area (Å²) in [5.41, 5.74) is 1.26. The summed E-state index contributed by atoms with van der Waals surface area (Å²) in [6, 6.07) is 5.06. The molecule has 0 unspecified atom stereocenters. The fourth-order valence-electron chi connectivity index (χ4n) is 1.75. The number of nitrogens with one attached hydrogen (secondary N) is 2. The molecule has 0 saturated carbocycles. The van der Waals surface area contributed by atoms with E-state index in [4.69, 9.17) is 23.2 Å². The Hall–Kier alpha value is -1.63. The Kier molecular flexibility index (Phi) is 5.55. The van der Waals surface area contributed by atoms with Gasteiger partial charge in [0.15, 0.2) is 0 Å². The van der Waals surface area contributed by atoms with Crippen LogP contribution in [-0.4, -0.2) is 27.9 Å². The molecule has 2 aromatic rings. The average Bonchev–Trinajstić information content (AvgIpc) is 2.89. The molecule has 0 spiro atoms. The lowest BCUT2D eigenvalue weighted by molar-refractivity contribution is -0.116. The Morgan fingerprint density at radius 3 is 2.71 bits per heavy atom. The van der Waals surface area contributed by atoms with Crippen molar-refractivity contribution in [2.45, 2.75) is 19.5 Å². The molecular weight excluding hydrogens is 313 g/mol. The molecule has 0 bridgehead atoms. The summed E-state index contributed by atoms with van der Waals surface area (Å²) < 4.78 is 1.63. The Balaban J connectivity index is 1.90. The fraction of sp³-hybridized carbons (Fsp3) is 0.308. The molecule has 2 N–H and O–H groups in total. The van der Waals surface area contributed by atoms with Crippen LogP contribution in [0.3, 0.4) is 0 Å². The first kappa shape index (κ1) is 15.8. The van der Waals surface area contributed by atoms with Crippen LogP contribution in [0.4, 0.5) is 5.69 Å². The minimum absolute atomic E-state index is 0.185. The van der Waals surface area contributed by atoms with Crippen molar-refractivity contribution < 1.29 is 4.79 Å². The standard InChI is InChI=1S/C13H15Cl2N5O/c1-16-7-9-8-20(19-18-9)6-5-12(21)17-13-10(14)3-2-4-11(13)15/h2-4,8,16H,5-7H2,1H3,(H,17,21). The zero-order valence-corrected chi connectivity index (χ0v) is 12.9. The second-order valence-corrected chi connectivity index (χ2v) is 5.21. The van der Waals surface area contributed by atoms with Crippen molar-refractivity contribution >= 4 is 34.8 Å². The van der Waals surface area contributed by atoms with Crippen LogP contribution in [0.15, 0.2) is 24.4 Å². The van der Waals surface area contributed by atoms with Crippen LogP contribution in [-0.2, 0) is 17.9 Å². The SMILES string of the molecule is CNCc1cn(CCC(=O)Nc2c(Cl)cccc2Cl)nn1. The molecule has 0 aliphatic heterocycles. The Bertz CT molecular complexity index is 609. The smallest absolute Gasteiger partial charge is 0.226 e. The first-order valence-electron chi connectivity index (χ1n) is 6.37. The zero-order valence-electron chi connectivity index (χ0n) is 11.4. The minimum Gasteiger partial charge on any atom is -0.323 e. The average molecular weight is 328 g/mol. The molecule has 112 valence electrons. The summed E-state index contributed by atoms with van der Waals surface area (Å²) in [5, 5.41) is 14.4. The summed E-state index contributed by atoms with van der Waals surface area (Å²) in [6.45, 7) is 1.08. The number of hydrogen-bond acceptors (Lipinski definition) is 4. The molecular formula is C13H15Cl2N5O.